The molecular formula is C40H51F3N4O6S2. The number of pyridine rings is 1. The normalized spacial score (nSPS) is 19.7. The lowest BCUT2D eigenvalue weighted by molar-refractivity contribution is -0.160. The Hall–Kier alpha value is -4.29. The van der Waals surface area contributed by atoms with Crippen molar-refractivity contribution in [1.29, 1.82) is 0 Å². The Kier molecular flexibility index (Phi) is 14.8. The van der Waals surface area contributed by atoms with Crippen molar-refractivity contribution in [1.82, 2.24) is 14.8 Å². The van der Waals surface area contributed by atoms with Crippen molar-refractivity contribution in [2.45, 2.75) is 103 Å². The molecule has 0 bridgehead atoms. The van der Waals surface area contributed by atoms with Gasteiger partial charge in [0.25, 0.3) is 17.4 Å². The Morgan fingerprint density at radius 1 is 1.09 bits per heavy atom. The lowest BCUT2D eigenvalue weighted by Gasteiger charge is -2.50. The number of ether oxygens (including phenoxy) is 1. The Bertz CT molecular complexity index is 1990. The first kappa shape index (κ1) is 45.1. The molecule has 1 aromatic carbocycles. The molecule has 0 N–H and O–H groups in total. The van der Waals surface area contributed by atoms with E-state index in [9.17, 15) is 31.2 Å². The number of likely N-dealkylation sites (tertiary alicyclic amines) is 2. The van der Waals surface area contributed by atoms with Gasteiger partial charge in [-0.1, -0.05) is 52.5 Å². The molecule has 300 valence electrons. The summed E-state index contributed by atoms with van der Waals surface area (Å²) in [7, 11) is -3.48. The highest BCUT2D eigenvalue weighted by Gasteiger charge is 2.57. The SMILES string of the molecule is C.C.[C-]#[N+]C1(c2ccccc2CCC(=O)CS(C)(=O)=O)CCN(C(=O)[C@]2(Oc3csc(C)c3)CCCN(C(=O)c3cnccc3C(F)(F)F)[C@@H]2CCC)CC1. The molecule has 0 aliphatic carbocycles. The number of ketones is 1. The first-order valence-corrected chi connectivity index (χ1v) is 20.5. The number of aryl methyl sites for hydroxylation is 2. The zero-order valence-electron chi connectivity index (χ0n) is 29.9. The molecule has 3 aromatic rings. The summed E-state index contributed by atoms with van der Waals surface area (Å²) < 4.78 is 72.2. The number of amides is 2. The van der Waals surface area contributed by atoms with Crippen LogP contribution in [0.2, 0.25) is 0 Å². The Morgan fingerprint density at radius 3 is 2.38 bits per heavy atom. The molecule has 4 heterocycles. The third-order valence-electron chi connectivity index (χ3n) is 10.1. The number of alkyl halides is 3. The molecular weight excluding hydrogens is 754 g/mol. The fraction of sp³-hybridized carbons (Fsp3) is 0.525. The predicted molar refractivity (Wildman–Crippen MR) is 208 cm³/mol. The number of benzene rings is 1. The van der Waals surface area contributed by atoms with Crippen LogP contribution in [0, 0.1) is 13.5 Å². The summed E-state index contributed by atoms with van der Waals surface area (Å²) in [6.07, 6.45) is 0.231. The van der Waals surface area contributed by atoms with Crippen molar-refractivity contribution in [2.75, 3.05) is 31.6 Å². The summed E-state index contributed by atoms with van der Waals surface area (Å²) >= 11 is 1.42. The maximum absolute atomic E-state index is 15.0. The molecule has 5 rings (SSSR count). The van der Waals surface area contributed by atoms with Crippen LogP contribution in [0.25, 0.3) is 4.85 Å². The van der Waals surface area contributed by atoms with Crippen molar-refractivity contribution in [3.8, 4) is 5.75 Å². The van der Waals surface area contributed by atoms with E-state index in [1.165, 1.54) is 16.2 Å². The molecule has 2 aliphatic heterocycles. The number of piperidine rings is 2. The number of hydrogen-bond acceptors (Lipinski definition) is 8. The standard InChI is InChI=1S/C38H43F3N4O6S2.2CH4/c1-5-9-33-37(51-29-22-26(2)52-24-29,15-8-19-45(33)34(47)30-23-43-18-14-32(30)38(39,40)41)35(48)44-20-16-36(42-3,17-21-44)31-11-7-6-10-27(31)12-13-28(46)25-53(4,49)50;;/h6-7,10-11,14,18,22-24,33H,5,8-9,12-13,15-17,19-21,25H2,1-2,4H3;2*1H4/t33-,37+;;/m1../s1. The maximum Gasteiger partial charge on any atom is 0.417 e. The lowest BCUT2D eigenvalue weighted by atomic mass is 9.76. The number of nitrogens with zero attached hydrogens (tertiary/aromatic N) is 4. The number of Topliss-reactive ketones (excluding diaryl/α,β-unsaturated/α-hetero) is 1. The van der Waals surface area contributed by atoms with Crippen molar-refractivity contribution in [3.05, 3.63) is 92.7 Å². The van der Waals surface area contributed by atoms with Gasteiger partial charge in [0.15, 0.2) is 9.84 Å². The first-order chi connectivity index (χ1) is 25.0. The van der Waals surface area contributed by atoms with E-state index in [1.807, 2.05) is 32.0 Å². The van der Waals surface area contributed by atoms with E-state index in [4.69, 9.17) is 11.3 Å². The fourth-order valence-corrected chi connectivity index (χ4v) is 9.01. The van der Waals surface area contributed by atoms with Crippen LogP contribution in [0.15, 0.2) is 54.2 Å². The Morgan fingerprint density at radius 2 is 1.78 bits per heavy atom. The molecule has 15 heteroatoms. The molecule has 2 atom stereocenters. The molecule has 2 aliphatic rings. The summed E-state index contributed by atoms with van der Waals surface area (Å²) in [5.74, 6) is -1.80. The molecule has 2 saturated heterocycles. The number of halogens is 3. The summed E-state index contributed by atoms with van der Waals surface area (Å²) in [6.45, 7) is 12.5. The van der Waals surface area contributed by atoms with Gasteiger partial charge >= 0.3 is 6.18 Å². The smallest absolute Gasteiger partial charge is 0.417 e. The number of carbonyl (C=O) groups is 3. The molecule has 10 nitrogen and oxygen atoms in total. The highest BCUT2D eigenvalue weighted by molar-refractivity contribution is 7.91. The number of sulfone groups is 1. The average molecular weight is 805 g/mol. The molecule has 0 unspecified atom stereocenters. The minimum Gasteiger partial charge on any atom is -0.474 e. The largest absolute Gasteiger partial charge is 0.474 e. The lowest BCUT2D eigenvalue weighted by Crippen LogP contribution is -2.68. The first-order valence-electron chi connectivity index (χ1n) is 17.6. The van der Waals surface area contributed by atoms with E-state index in [2.05, 4.69) is 9.83 Å². The van der Waals surface area contributed by atoms with Crippen LogP contribution < -0.4 is 4.74 Å². The monoisotopic (exact) mass is 804 g/mol. The molecule has 55 heavy (non-hydrogen) atoms. The van der Waals surface area contributed by atoms with Gasteiger partial charge in [-0.3, -0.25) is 19.4 Å². The van der Waals surface area contributed by atoms with Crippen LogP contribution in [0.4, 0.5) is 13.2 Å². The molecule has 0 saturated carbocycles. The Labute approximate surface area is 326 Å². The van der Waals surface area contributed by atoms with Gasteiger partial charge < -0.3 is 19.4 Å². The number of hydrogen-bond donors (Lipinski definition) is 0. The van der Waals surface area contributed by atoms with E-state index in [0.29, 0.717) is 18.6 Å². The van der Waals surface area contributed by atoms with Crippen LogP contribution in [-0.2, 0) is 37.6 Å². The minimum absolute atomic E-state index is 0. The molecule has 2 fully saturated rings. The fourth-order valence-electron chi connectivity index (χ4n) is 7.67. The summed E-state index contributed by atoms with van der Waals surface area (Å²) in [4.78, 5) is 53.3. The second-order valence-corrected chi connectivity index (χ2v) is 17.2. The van der Waals surface area contributed by atoms with Gasteiger partial charge in [0.1, 0.15) is 17.3 Å². The van der Waals surface area contributed by atoms with Gasteiger partial charge in [0.2, 0.25) is 5.60 Å². The highest BCUT2D eigenvalue weighted by Crippen LogP contribution is 2.43. The van der Waals surface area contributed by atoms with Crippen LogP contribution in [-0.4, -0.2) is 84.1 Å². The third kappa shape index (κ3) is 9.94. The predicted octanol–water partition coefficient (Wildman–Crippen LogP) is 7.95. The average Bonchev–Trinajstić information content (AvgIpc) is 3.53. The van der Waals surface area contributed by atoms with E-state index in [0.717, 1.165) is 40.7 Å². The van der Waals surface area contributed by atoms with E-state index in [-0.39, 0.29) is 73.0 Å². The van der Waals surface area contributed by atoms with Crippen LogP contribution in [0.3, 0.4) is 0 Å². The second kappa shape index (κ2) is 18.1. The molecule has 0 radical (unpaired) electrons. The quantitative estimate of drug-likeness (QED) is 0.171. The highest BCUT2D eigenvalue weighted by atomic mass is 32.2. The summed E-state index contributed by atoms with van der Waals surface area (Å²) in [5.41, 5.74) is -2.84. The van der Waals surface area contributed by atoms with Gasteiger partial charge in [-0.05, 0) is 43.9 Å². The van der Waals surface area contributed by atoms with Crippen molar-refractivity contribution in [2.24, 2.45) is 0 Å². The third-order valence-corrected chi connectivity index (χ3v) is 11.8. The second-order valence-electron chi connectivity index (χ2n) is 13.9. The van der Waals surface area contributed by atoms with Gasteiger partial charge in [-0.25, -0.2) is 15.0 Å². The Balaban J connectivity index is 0.00000406. The number of thiophene rings is 1. The van der Waals surface area contributed by atoms with Crippen molar-refractivity contribution in [3.63, 3.8) is 0 Å². The zero-order valence-corrected chi connectivity index (χ0v) is 31.6. The van der Waals surface area contributed by atoms with Crippen molar-refractivity contribution < 1.29 is 40.7 Å². The number of aromatic nitrogens is 1. The van der Waals surface area contributed by atoms with E-state index in [1.54, 1.807) is 22.4 Å². The van der Waals surface area contributed by atoms with Gasteiger partial charge in [-0.2, -0.15) is 13.2 Å². The minimum atomic E-state index is -4.80. The van der Waals surface area contributed by atoms with Crippen molar-refractivity contribution >= 4 is 38.8 Å². The van der Waals surface area contributed by atoms with Gasteiger partial charge in [0.05, 0.1) is 17.2 Å². The number of rotatable bonds is 12. The van der Waals surface area contributed by atoms with Gasteiger partial charge in [-0.15, -0.1) is 11.3 Å². The van der Waals surface area contributed by atoms with Crippen LogP contribution >= 0.6 is 11.3 Å². The summed E-state index contributed by atoms with van der Waals surface area (Å²) in [6, 6.07) is 8.95. The molecule has 0 spiro atoms. The molecule has 2 aromatic heterocycles. The topological polar surface area (TPSA) is 118 Å². The number of carbonyl (C=O) groups excluding carboxylic acids is 3. The van der Waals surface area contributed by atoms with E-state index < -0.39 is 67.7 Å². The van der Waals surface area contributed by atoms with E-state index >= 15 is 4.79 Å². The maximum atomic E-state index is 15.0. The van der Waals surface area contributed by atoms with Crippen LogP contribution in [0.1, 0.15) is 98.6 Å². The molecule has 2 amide bonds. The van der Waals surface area contributed by atoms with Gasteiger partial charge in [0, 0.05) is 79.8 Å². The van der Waals surface area contributed by atoms with Crippen LogP contribution in [0.5, 0.6) is 5.75 Å². The zero-order chi connectivity index (χ0) is 38.6. The summed E-state index contributed by atoms with van der Waals surface area (Å²) in [5, 5.41) is 1.77.